The Bertz CT molecular complexity index is 1140. The fraction of sp³-hybridized carbons (Fsp3) is 0.500. The van der Waals surface area contributed by atoms with E-state index in [0.717, 1.165) is 22.5 Å². The summed E-state index contributed by atoms with van der Waals surface area (Å²) in [6.07, 6.45) is 0.665. The number of rotatable bonds is 4. The van der Waals surface area contributed by atoms with Gasteiger partial charge in [-0.15, -0.1) is 0 Å². The van der Waals surface area contributed by atoms with Gasteiger partial charge >= 0.3 is 0 Å². The van der Waals surface area contributed by atoms with E-state index in [-0.39, 0.29) is 18.5 Å². The highest BCUT2D eigenvalue weighted by Crippen LogP contribution is 2.37. The number of halogens is 2. The van der Waals surface area contributed by atoms with Crippen LogP contribution in [0.4, 0.5) is 16.2 Å². The molecule has 4 heterocycles. The number of benzene rings is 1. The van der Waals surface area contributed by atoms with Gasteiger partial charge in [0, 0.05) is 42.2 Å². The van der Waals surface area contributed by atoms with Crippen LogP contribution >= 0.6 is 11.6 Å². The molecule has 2 fully saturated rings. The molecule has 4 atom stereocenters. The number of anilines is 2. The molecule has 10 heteroatoms. The summed E-state index contributed by atoms with van der Waals surface area (Å²) in [7, 11) is 1.85. The third-order valence-corrected chi connectivity index (χ3v) is 6.73. The number of alkyl halides is 1. The van der Waals surface area contributed by atoms with Crippen molar-refractivity contribution in [1.82, 2.24) is 24.6 Å². The minimum absolute atomic E-state index is 0.140. The van der Waals surface area contributed by atoms with E-state index in [9.17, 15) is 5.11 Å². The summed E-state index contributed by atoms with van der Waals surface area (Å²) < 4.78 is 22.3. The number of hydrogen-bond donors (Lipinski definition) is 2. The lowest BCUT2D eigenvalue weighted by Gasteiger charge is -2.39. The second-order valence-electron chi connectivity index (χ2n) is 8.62. The van der Waals surface area contributed by atoms with Gasteiger partial charge < -0.3 is 15.2 Å². The van der Waals surface area contributed by atoms with Gasteiger partial charge in [-0.25, -0.2) is 14.4 Å². The Labute approximate surface area is 190 Å². The number of hydrogen-bond acceptors (Lipinski definition) is 7. The van der Waals surface area contributed by atoms with Crippen molar-refractivity contribution in [3.63, 3.8) is 0 Å². The summed E-state index contributed by atoms with van der Waals surface area (Å²) in [4.78, 5) is 11.0. The monoisotopic (exact) mass is 460 g/mol. The van der Waals surface area contributed by atoms with Gasteiger partial charge in [0.25, 0.3) is 0 Å². The Morgan fingerprint density at radius 2 is 2.12 bits per heavy atom. The van der Waals surface area contributed by atoms with Crippen LogP contribution in [0, 0.1) is 6.92 Å². The molecule has 0 unspecified atom stereocenters. The van der Waals surface area contributed by atoms with E-state index in [1.165, 1.54) is 0 Å². The number of fused-ring (bicyclic) bond motifs is 1. The van der Waals surface area contributed by atoms with Crippen molar-refractivity contribution in [3.05, 3.63) is 40.7 Å². The van der Waals surface area contributed by atoms with Crippen molar-refractivity contribution in [2.75, 3.05) is 31.6 Å². The molecule has 2 aliphatic rings. The molecule has 0 saturated carbocycles. The SMILES string of the molecule is Cc1cc(Nc2ncc3cc(Cl)c([C@@H]4CCN([C@H]5COC[C@H]5O)C[C@H]4F)cc3n2)n(C)n1. The Morgan fingerprint density at radius 3 is 2.81 bits per heavy atom. The summed E-state index contributed by atoms with van der Waals surface area (Å²) in [6.45, 7) is 3.60. The first-order valence-electron chi connectivity index (χ1n) is 10.8. The van der Waals surface area contributed by atoms with Gasteiger partial charge in [-0.2, -0.15) is 5.10 Å². The first-order chi connectivity index (χ1) is 15.4. The average molecular weight is 461 g/mol. The zero-order valence-corrected chi connectivity index (χ0v) is 18.8. The van der Waals surface area contributed by atoms with Crippen LogP contribution in [0.3, 0.4) is 0 Å². The van der Waals surface area contributed by atoms with Crippen molar-refractivity contribution < 1.29 is 14.2 Å². The average Bonchev–Trinajstić information content (AvgIpc) is 3.32. The van der Waals surface area contributed by atoms with Crippen molar-refractivity contribution in [2.45, 2.75) is 37.6 Å². The van der Waals surface area contributed by atoms with Gasteiger partial charge in [-0.1, -0.05) is 11.6 Å². The molecule has 1 aromatic carbocycles. The van der Waals surface area contributed by atoms with Crippen molar-refractivity contribution in [3.8, 4) is 0 Å². The number of aryl methyl sites for hydroxylation is 2. The minimum atomic E-state index is -1.09. The second-order valence-corrected chi connectivity index (χ2v) is 9.03. The number of nitrogens with zero attached hydrogens (tertiary/aromatic N) is 5. The van der Waals surface area contributed by atoms with Gasteiger partial charge in [0.1, 0.15) is 12.0 Å². The van der Waals surface area contributed by atoms with Crippen LogP contribution in [0.2, 0.25) is 5.02 Å². The topological polar surface area (TPSA) is 88.3 Å². The number of aromatic nitrogens is 4. The Hall–Kier alpha value is -2.33. The molecule has 8 nitrogen and oxygen atoms in total. The van der Waals surface area contributed by atoms with E-state index in [4.69, 9.17) is 16.3 Å². The maximum Gasteiger partial charge on any atom is 0.228 e. The highest BCUT2D eigenvalue weighted by Gasteiger charge is 2.39. The largest absolute Gasteiger partial charge is 0.389 e. The van der Waals surface area contributed by atoms with E-state index in [0.29, 0.717) is 42.7 Å². The van der Waals surface area contributed by atoms with Gasteiger partial charge in [-0.05, 0) is 37.6 Å². The van der Waals surface area contributed by atoms with Crippen molar-refractivity contribution in [1.29, 1.82) is 0 Å². The lowest BCUT2D eigenvalue weighted by molar-refractivity contribution is 0.0353. The maximum atomic E-state index is 15.3. The fourth-order valence-electron chi connectivity index (χ4n) is 4.71. The van der Waals surface area contributed by atoms with E-state index < -0.39 is 12.3 Å². The van der Waals surface area contributed by atoms with Crippen molar-refractivity contribution in [2.24, 2.45) is 7.05 Å². The van der Waals surface area contributed by atoms with Crippen LogP contribution in [0.25, 0.3) is 10.9 Å². The molecule has 5 rings (SSSR count). The number of likely N-dealkylation sites (tertiary alicyclic amines) is 1. The van der Waals surface area contributed by atoms with Crippen LogP contribution in [0.15, 0.2) is 24.4 Å². The van der Waals surface area contributed by atoms with Crippen LogP contribution in [-0.4, -0.2) is 74.4 Å². The second kappa shape index (κ2) is 8.55. The van der Waals surface area contributed by atoms with Gasteiger partial charge in [0.15, 0.2) is 0 Å². The Kier molecular flexibility index (Phi) is 5.75. The number of piperidine rings is 1. The van der Waals surface area contributed by atoms with Gasteiger partial charge in [0.05, 0.1) is 36.6 Å². The third kappa shape index (κ3) is 4.05. The molecule has 0 aliphatic carbocycles. The smallest absolute Gasteiger partial charge is 0.228 e. The molecular weight excluding hydrogens is 435 g/mol. The normalized spacial score (nSPS) is 26.7. The summed E-state index contributed by atoms with van der Waals surface area (Å²) in [5.74, 6) is 0.898. The summed E-state index contributed by atoms with van der Waals surface area (Å²) in [5.41, 5.74) is 2.35. The highest BCUT2D eigenvalue weighted by atomic mass is 35.5. The molecule has 0 radical (unpaired) electrons. The first-order valence-corrected chi connectivity index (χ1v) is 11.1. The summed E-state index contributed by atoms with van der Waals surface area (Å²) in [6, 6.07) is 5.45. The van der Waals surface area contributed by atoms with Crippen LogP contribution in [0.5, 0.6) is 0 Å². The van der Waals surface area contributed by atoms with Gasteiger partial charge in [0.2, 0.25) is 5.95 Å². The standard InChI is InChI=1S/C22H26ClFN6O2/c1-12-5-21(29(2)28-12)27-22-25-8-13-6-16(23)15(7-18(13)26-22)14-3-4-30(9-17(14)24)19-10-32-11-20(19)31/h5-8,14,17,19-20,31H,3-4,9-11H2,1-2H3,(H,25,26,27)/t14-,17+,19-,20+/m0/s1. The molecule has 2 saturated heterocycles. The number of aliphatic hydroxyl groups excluding tert-OH is 1. The quantitative estimate of drug-likeness (QED) is 0.618. The van der Waals surface area contributed by atoms with E-state index >= 15 is 4.39 Å². The fourth-order valence-corrected chi connectivity index (χ4v) is 5.03. The molecule has 2 N–H and O–H groups in total. The molecular formula is C22H26ClFN6O2. The first kappa shape index (κ1) is 21.5. The minimum Gasteiger partial charge on any atom is -0.389 e. The Morgan fingerprint density at radius 1 is 1.28 bits per heavy atom. The molecule has 0 bridgehead atoms. The zero-order valence-electron chi connectivity index (χ0n) is 18.0. The Balaban J connectivity index is 1.39. The zero-order chi connectivity index (χ0) is 22.4. The lowest BCUT2D eigenvalue weighted by Crippen LogP contribution is -2.50. The molecule has 3 aromatic rings. The lowest BCUT2D eigenvalue weighted by atomic mass is 9.86. The van der Waals surface area contributed by atoms with Crippen LogP contribution in [0.1, 0.15) is 23.6 Å². The number of aliphatic hydroxyl groups is 1. The molecule has 0 spiro atoms. The summed E-state index contributed by atoms with van der Waals surface area (Å²) in [5, 5.41) is 18.9. The molecule has 2 aromatic heterocycles. The molecule has 32 heavy (non-hydrogen) atoms. The third-order valence-electron chi connectivity index (χ3n) is 6.40. The van der Waals surface area contributed by atoms with Gasteiger partial charge in [-0.3, -0.25) is 9.58 Å². The molecule has 2 aliphatic heterocycles. The predicted molar refractivity (Wildman–Crippen MR) is 120 cm³/mol. The molecule has 170 valence electrons. The number of nitrogens with one attached hydrogen (secondary N) is 1. The van der Waals surface area contributed by atoms with Crippen LogP contribution in [-0.2, 0) is 11.8 Å². The van der Waals surface area contributed by atoms with Crippen molar-refractivity contribution >= 4 is 34.3 Å². The number of ether oxygens (including phenoxy) is 1. The predicted octanol–water partition coefficient (Wildman–Crippen LogP) is 2.96. The van der Waals surface area contributed by atoms with Crippen LogP contribution < -0.4 is 5.32 Å². The molecule has 0 amide bonds. The van der Waals surface area contributed by atoms with E-state index in [1.807, 2.05) is 31.0 Å². The van der Waals surface area contributed by atoms with E-state index in [2.05, 4.69) is 20.4 Å². The maximum absolute atomic E-state index is 15.3. The highest BCUT2D eigenvalue weighted by molar-refractivity contribution is 6.32. The summed E-state index contributed by atoms with van der Waals surface area (Å²) >= 11 is 6.56. The van der Waals surface area contributed by atoms with E-state index in [1.54, 1.807) is 16.9 Å².